The lowest BCUT2D eigenvalue weighted by Crippen LogP contribution is -2.34. The molecule has 4 nitrogen and oxygen atoms in total. The van der Waals surface area contributed by atoms with E-state index in [0.717, 1.165) is 25.2 Å². The standard InChI is InChI=1S/C29H52O4/c1-23(2)18-14-12-10-8-6-5-7-9-11-13-15-19-25(22-24(3)4)33-29(32)27-21-17-16-20-26(27)28(30)31/h16-17,23-27H,5-15,18-22H2,1-4H3,(H,30,31). The van der Waals surface area contributed by atoms with Gasteiger partial charge in [-0.15, -0.1) is 0 Å². The largest absolute Gasteiger partial charge is 0.481 e. The number of carboxylic acid groups (broad SMARTS) is 1. The molecule has 3 atom stereocenters. The van der Waals surface area contributed by atoms with Crippen molar-refractivity contribution in [1.29, 1.82) is 0 Å². The van der Waals surface area contributed by atoms with Crippen LogP contribution in [0.3, 0.4) is 0 Å². The molecule has 0 aliphatic heterocycles. The van der Waals surface area contributed by atoms with E-state index >= 15 is 0 Å². The normalized spacial score (nSPS) is 19.2. The molecule has 1 aliphatic rings. The Morgan fingerprint density at radius 1 is 0.727 bits per heavy atom. The molecule has 1 rings (SSSR count). The van der Waals surface area contributed by atoms with Crippen molar-refractivity contribution in [2.24, 2.45) is 23.7 Å². The van der Waals surface area contributed by atoms with Gasteiger partial charge in [-0.25, -0.2) is 0 Å². The zero-order chi connectivity index (χ0) is 24.5. The van der Waals surface area contributed by atoms with E-state index in [1.807, 2.05) is 12.2 Å². The number of rotatable bonds is 19. The van der Waals surface area contributed by atoms with Gasteiger partial charge in [-0.05, 0) is 43.9 Å². The number of esters is 1. The summed E-state index contributed by atoms with van der Waals surface area (Å²) in [5.74, 6) is -1.11. The van der Waals surface area contributed by atoms with Crippen molar-refractivity contribution in [3.63, 3.8) is 0 Å². The summed E-state index contributed by atoms with van der Waals surface area (Å²) in [4.78, 5) is 24.2. The predicted octanol–water partition coefficient (Wildman–Crippen LogP) is 8.34. The number of carboxylic acids is 1. The molecule has 1 N–H and O–H groups in total. The molecule has 0 heterocycles. The molecule has 1 aliphatic carbocycles. The van der Waals surface area contributed by atoms with Crippen LogP contribution in [-0.4, -0.2) is 23.1 Å². The van der Waals surface area contributed by atoms with E-state index in [0.29, 0.717) is 18.8 Å². The first-order chi connectivity index (χ1) is 15.8. The Morgan fingerprint density at radius 3 is 1.64 bits per heavy atom. The number of carbonyl (C=O) groups excluding carboxylic acids is 1. The van der Waals surface area contributed by atoms with Gasteiger partial charge in [-0.1, -0.05) is 110 Å². The summed E-state index contributed by atoms with van der Waals surface area (Å²) in [7, 11) is 0. The van der Waals surface area contributed by atoms with Crippen LogP contribution in [0.15, 0.2) is 12.2 Å². The number of hydrogen-bond donors (Lipinski definition) is 1. The second-order valence-electron chi connectivity index (χ2n) is 11.0. The lowest BCUT2D eigenvalue weighted by atomic mass is 9.83. The van der Waals surface area contributed by atoms with Crippen LogP contribution in [0.1, 0.15) is 130 Å². The van der Waals surface area contributed by atoms with Gasteiger partial charge in [0.25, 0.3) is 0 Å². The van der Waals surface area contributed by atoms with Gasteiger partial charge in [0, 0.05) is 0 Å². The summed E-state index contributed by atoms with van der Waals surface area (Å²) in [6.45, 7) is 8.91. The number of carbonyl (C=O) groups is 2. The van der Waals surface area contributed by atoms with Crippen LogP contribution in [0, 0.1) is 23.7 Å². The molecule has 0 fully saturated rings. The number of allylic oxidation sites excluding steroid dienone is 2. The average molecular weight is 465 g/mol. The highest BCUT2D eigenvalue weighted by Gasteiger charge is 2.36. The van der Waals surface area contributed by atoms with Crippen LogP contribution in [-0.2, 0) is 14.3 Å². The lowest BCUT2D eigenvalue weighted by Gasteiger charge is -2.27. The van der Waals surface area contributed by atoms with E-state index in [4.69, 9.17) is 4.74 Å². The van der Waals surface area contributed by atoms with E-state index in [1.54, 1.807) is 0 Å². The fourth-order valence-corrected chi connectivity index (χ4v) is 4.87. The number of hydrogen-bond acceptors (Lipinski definition) is 3. The van der Waals surface area contributed by atoms with Gasteiger partial charge in [0.05, 0.1) is 11.8 Å². The minimum Gasteiger partial charge on any atom is -0.481 e. The zero-order valence-corrected chi connectivity index (χ0v) is 22.0. The minimum atomic E-state index is -0.896. The van der Waals surface area contributed by atoms with Crippen LogP contribution in [0.25, 0.3) is 0 Å². The Kier molecular flexibility index (Phi) is 16.3. The monoisotopic (exact) mass is 464 g/mol. The molecule has 0 aromatic rings. The Morgan fingerprint density at radius 2 is 1.18 bits per heavy atom. The van der Waals surface area contributed by atoms with Gasteiger partial charge >= 0.3 is 11.9 Å². The van der Waals surface area contributed by atoms with Crippen molar-refractivity contribution < 1.29 is 19.4 Å². The molecule has 4 heteroatoms. The summed E-state index contributed by atoms with van der Waals surface area (Å²) in [6.07, 6.45) is 22.2. The molecule has 192 valence electrons. The highest BCUT2D eigenvalue weighted by Crippen LogP contribution is 2.28. The fourth-order valence-electron chi connectivity index (χ4n) is 4.87. The molecule has 0 spiro atoms. The maximum atomic E-state index is 12.7. The number of aliphatic carboxylic acids is 1. The summed E-state index contributed by atoms with van der Waals surface area (Å²) in [5, 5.41) is 9.44. The highest BCUT2D eigenvalue weighted by molar-refractivity contribution is 5.81. The third-order valence-electron chi connectivity index (χ3n) is 6.88. The smallest absolute Gasteiger partial charge is 0.310 e. The Labute approximate surface area is 203 Å². The van der Waals surface area contributed by atoms with E-state index in [1.165, 1.54) is 70.6 Å². The lowest BCUT2D eigenvalue weighted by molar-refractivity contribution is -0.162. The van der Waals surface area contributed by atoms with Crippen molar-refractivity contribution >= 4 is 11.9 Å². The van der Waals surface area contributed by atoms with E-state index in [2.05, 4.69) is 27.7 Å². The molecular formula is C29H52O4. The van der Waals surface area contributed by atoms with Gasteiger partial charge in [0.15, 0.2) is 0 Å². The van der Waals surface area contributed by atoms with E-state index in [-0.39, 0.29) is 12.1 Å². The van der Waals surface area contributed by atoms with Crippen molar-refractivity contribution in [3.05, 3.63) is 12.2 Å². The van der Waals surface area contributed by atoms with Crippen molar-refractivity contribution in [2.45, 2.75) is 137 Å². The molecule has 33 heavy (non-hydrogen) atoms. The van der Waals surface area contributed by atoms with Crippen LogP contribution < -0.4 is 0 Å². The van der Waals surface area contributed by atoms with Crippen LogP contribution in [0.2, 0.25) is 0 Å². The maximum absolute atomic E-state index is 12.7. The number of unbranched alkanes of at least 4 members (excludes halogenated alkanes) is 10. The molecule has 0 bridgehead atoms. The van der Waals surface area contributed by atoms with Gasteiger partial charge in [0.2, 0.25) is 0 Å². The molecule has 0 saturated carbocycles. The van der Waals surface area contributed by atoms with Crippen molar-refractivity contribution in [1.82, 2.24) is 0 Å². The first kappa shape index (κ1) is 29.7. The summed E-state index contributed by atoms with van der Waals surface area (Å²) < 4.78 is 5.86. The molecule has 0 aromatic carbocycles. The van der Waals surface area contributed by atoms with Gasteiger partial charge in [-0.3, -0.25) is 9.59 Å². The third-order valence-corrected chi connectivity index (χ3v) is 6.88. The maximum Gasteiger partial charge on any atom is 0.310 e. The minimum absolute atomic E-state index is 0.0893. The average Bonchev–Trinajstić information content (AvgIpc) is 2.76. The second kappa shape index (κ2) is 18.1. The third kappa shape index (κ3) is 14.5. The topological polar surface area (TPSA) is 63.6 Å². The summed E-state index contributed by atoms with van der Waals surface area (Å²) >= 11 is 0. The predicted molar refractivity (Wildman–Crippen MR) is 137 cm³/mol. The fraction of sp³-hybridized carbons (Fsp3) is 0.862. The first-order valence-corrected chi connectivity index (χ1v) is 13.9. The Balaban J connectivity index is 2.17. The van der Waals surface area contributed by atoms with Crippen LogP contribution in [0.4, 0.5) is 0 Å². The highest BCUT2D eigenvalue weighted by atomic mass is 16.5. The van der Waals surface area contributed by atoms with Gasteiger partial charge < -0.3 is 9.84 Å². The molecule has 3 unspecified atom stereocenters. The quantitative estimate of drug-likeness (QED) is 0.118. The molecule has 0 aromatic heterocycles. The van der Waals surface area contributed by atoms with Gasteiger partial charge in [0.1, 0.15) is 6.10 Å². The molecule has 0 amide bonds. The SMILES string of the molecule is CC(C)CCCCCCCCCCCCCC(CC(C)C)OC(=O)C1CC=CCC1C(=O)O. The Hall–Kier alpha value is -1.32. The van der Waals surface area contributed by atoms with Crippen LogP contribution in [0.5, 0.6) is 0 Å². The zero-order valence-electron chi connectivity index (χ0n) is 22.0. The first-order valence-electron chi connectivity index (χ1n) is 13.9. The van der Waals surface area contributed by atoms with Crippen molar-refractivity contribution in [3.8, 4) is 0 Å². The molecular weight excluding hydrogens is 412 g/mol. The Bertz CT molecular complexity index is 552. The van der Waals surface area contributed by atoms with Gasteiger partial charge in [-0.2, -0.15) is 0 Å². The summed E-state index contributed by atoms with van der Waals surface area (Å²) in [5.41, 5.74) is 0. The number of ether oxygens (including phenoxy) is 1. The molecule has 0 saturated heterocycles. The summed E-state index contributed by atoms with van der Waals surface area (Å²) in [6, 6.07) is 0. The molecule has 0 radical (unpaired) electrons. The van der Waals surface area contributed by atoms with Crippen LogP contribution >= 0.6 is 0 Å². The van der Waals surface area contributed by atoms with E-state index in [9.17, 15) is 14.7 Å². The van der Waals surface area contributed by atoms with Crippen molar-refractivity contribution in [2.75, 3.05) is 0 Å². The second-order valence-corrected chi connectivity index (χ2v) is 11.0. The van der Waals surface area contributed by atoms with E-state index < -0.39 is 17.8 Å².